The van der Waals surface area contributed by atoms with Gasteiger partial charge in [-0.2, -0.15) is 0 Å². The predicted octanol–water partition coefficient (Wildman–Crippen LogP) is 1.60. The number of carbonyl (C=O) groups is 1. The van der Waals surface area contributed by atoms with Crippen LogP contribution in [0.15, 0.2) is 11.1 Å². The molecule has 0 atom stereocenters. The highest BCUT2D eigenvalue weighted by molar-refractivity contribution is 5.94. The van der Waals surface area contributed by atoms with Crippen LogP contribution in [0.5, 0.6) is 0 Å². The minimum atomic E-state index is 0.149. The molecule has 1 amide bonds. The number of amides is 1. The lowest BCUT2D eigenvalue weighted by Crippen LogP contribution is -2.41. The van der Waals surface area contributed by atoms with Crippen molar-refractivity contribution in [3.05, 3.63) is 11.1 Å². The van der Waals surface area contributed by atoms with Gasteiger partial charge in [-0.3, -0.25) is 4.79 Å². The third-order valence-electron chi connectivity index (χ3n) is 3.90. The summed E-state index contributed by atoms with van der Waals surface area (Å²) >= 11 is 0. The molecule has 0 aromatic carbocycles. The van der Waals surface area contributed by atoms with Gasteiger partial charge in [-0.15, -0.1) is 0 Å². The SMILES string of the molecule is CC(C(=O)NC1CCC(C)CC1)=C1CNC1. The van der Waals surface area contributed by atoms with E-state index in [1.807, 2.05) is 6.92 Å². The van der Waals surface area contributed by atoms with E-state index in [0.717, 1.165) is 37.4 Å². The zero-order chi connectivity index (χ0) is 11.5. The third-order valence-corrected chi connectivity index (χ3v) is 3.90. The van der Waals surface area contributed by atoms with Gasteiger partial charge in [0, 0.05) is 24.7 Å². The van der Waals surface area contributed by atoms with Crippen LogP contribution < -0.4 is 10.6 Å². The summed E-state index contributed by atoms with van der Waals surface area (Å²) in [5.74, 6) is 0.986. The number of hydrogen-bond donors (Lipinski definition) is 2. The molecule has 90 valence electrons. The smallest absolute Gasteiger partial charge is 0.247 e. The second-order valence-corrected chi connectivity index (χ2v) is 5.26. The molecule has 2 N–H and O–H groups in total. The van der Waals surface area contributed by atoms with Crippen LogP contribution in [0, 0.1) is 5.92 Å². The van der Waals surface area contributed by atoms with Gasteiger partial charge in [0.05, 0.1) is 0 Å². The van der Waals surface area contributed by atoms with E-state index in [0.29, 0.717) is 6.04 Å². The van der Waals surface area contributed by atoms with Crippen molar-refractivity contribution in [1.29, 1.82) is 0 Å². The first kappa shape index (κ1) is 11.6. The Bertz CT molecular complexity index is 295. The normalized spacial score (nSPS) is 29.5. The van der Waals surface area contributed by atoms with Crippen LogP contribution in [0.4, 0.5) is 0 Å². The lowest BCUT2D eigenvalue weighted by Gasteiger charge is -2.28. The molecule has 0 unspecified atom stereocenters. The van der Waals surface area contributed by atoms with E-state index in [-0.39, 0.29) is 5.91 Å². The van der Waals surface area contributed by atoms with Gasteiger partial charge in [-0.05, 0) is 44.1 Å². The summed E-state index contributed by atoms with van der Waals surface area (Å²) < 4.78 is 0. The Morgan fingerprint density at radius 1 is 1.25 bits per heavy atom. The van der Waals surface area contributed by atoms with E-state index in [1.165, 1.54) is 18.4 Å². The maximum absolute atomic E-state index is 11.9. The standard InChI is InChI=1S/C13H22N2O/c1-9-3-5-12(6-4-9)15-13(16)10(2)11-7-14-8-11/h9,12,14H,3-8H2,1-2H3,(H,15,16). The van der Waals surface area contributed by atoms with Crippen LogP contribution in [0.2, 0.25) is 0 Å². The van der Waals surface area contributed by atoms with Gasteiger partial charge in [-0.25, -0.2) is 0 Å². The Kier molecular flexibility index (Phi) is 3.64. The van der Waals surface area contributed by atoms with E-state index in [1.54, 1.807) is 0 Å². The Labute approximate surface area is 97.7 Å². The number of rotatable bonds is 2. The van der Waals surface area contributed by atoms with Gasteiger partial charge >= 0.3 is 0 Å². The second-order valence-electron chi connectivity index (χ2n) is 5.26. The van der Waals surface area contributed by atoms with Crippen LogP contribution in [-0.2, 0) is 4.79 Å². The molecule has 0 aromatic rings. The molecule has 1 heterocycles. The molecule has 2 fully saturated rings. The van der Waals surface area contributed by atoms with Crippen molar-refractivity contribution in [2.45, 2.75) is 45.6 Å². The van der Waals surface area contributed by atoms with E-state index in [2.05, 4.69) is 17.6 Å². The van der Waals surface area contributed by atoms with Crippen molar-refractivity contribution in [3.8, 4) is 0 Å². The first-order valence-corrected chi connectivity index (χ1v) is 6.37. The molecular formula is C13H22N2O. The Morgan fingerprint density at radius 2 is 1.88 bits per heavy atom. The summed E-state index contributed by atoms with van der Waals surface area (Å²) in [5.41, 5.74) is 2.19. The van der Waals surface area contributed by atoms with Crippen LogP contribution in [0.25, 0.3) is 0 Å². The molecule has 2 aliphatic rings. The molecule has 1 saturated carbocycles. The maximum Gasteiger partial charge on any atom is 0.247 e. The van der Waals surface area contributed by atoms with Crippen molar-refractivity contribution in [2.24, 2.45) is 5.92 Å². The lowest BCUT2D eigenvalue weighted by molar-refractivity contribution is -0.118. The first-order chi connectivity index (χ1) is 7.66. The number of carbonyl (C=O) groups excluding carboxylic acids is 1. The van der Waals surface area contributed by atoms with E-state index in [4.69, 9.17) is 0 Å². The van der Waals surface area contributed by atoms with Gasteiger partial charge in [0.1, 0.15) is 0 Å². The highest BCUT2D eigenvalue weighted by atomic mass is 16.1. The van der Waals surface area contributed by atoms with E-state index < -0.39 is 0 Å². The van der Waals surface area contributed by atoms with Gasteiger partial charge in [-0.1, -0.05) is 6.92 Å². The third kappa shape index (κ3) is 2.64. The zero-order valence-electron chi connectivity index (χ0n) is 10.3. The molecule has 2 rings (SSSR count). The van der Waals surface area contributed by atoms with Crippen molar-refractivity contribution in [1.82, 2.24) is 10.6 Å². The van der Waals surface area contributed by atoms with Crippen LogP contribution in [-0.4, -0.2) is 25.0 Å². The van der Waals surface area contributed by atoms with Crippen LogP contribution >= 0.6 is 0 Å². The monoisotopic (exact) mass is 222 g/mol. The number of nitrogens with one attached hydrogen (secondary N) is 2. The molecule has 1 aliphatic carbocycles. The molecular weight excluding hydrogens is 200 g/mol. The highest BCUT2D eigenvalue weighted by Gasteiger charge is 2.22. The van der Waals surface area contributed by atoms with Crippen molar-refractivity contribution in [2.75, 3.05) is 13.1 Å². The summed E-state index contributed by atoms with van der Waals surface area (Å²) in [4.78, 5) is 11.9. The van der Waals surface area contributed by atoms with Gasteiger partial charge in [0.2, 0.25) is 5.91 Å². The molecule has 3 heteroatoms. The van der Waals surface area contributed by atoms with Crippen molar-refractivity contribution in [3.63, 3.8) is 0 Å². The molecule has 1 saturated heterocycles. The molecule has 16 heavy (non-hydrogen) atoms. The largest absolute Gasteiger partial charge is 0.350 e. The second kappa shape index (κ2) is 5.00. The van der Waals surface area contributed by atoms with Crippen molar-refractivity contribution >= 4 is 5.91 Å². The first-order valence-electron chi connectivity index (χ1n) is 6.37. The number of hydrogen-bond acceptors (Lipinski definition) is 2. The Hall–Kier alpha value is -0.830. The summed E-state index contributed by atoms with van der Waals surface area (Å²) in [6.45, 7) is 6.02. The molecule has 1 aliphatic heterocycles. The topological polar surface area (TPSA) is 41.1 Å². The molecule has 0 bridgehead atoms. The van der Waals surface area contributed by atoms with E-state index >= 15 is 0 Å². The van der Waals surface area contributed by atoms with Crippen LogP contribution in [0.1, 0.15) is 39.5 Å². The fourth-order valence-corrected chi connectivity index (χ4v) is 2.37. The van der Waals surface area contributed by atoms with Crippen LogP contribution in [0.3, 0.4) is 0 Å². The quantitative estimate of drug-likeness (QED) is 0.697. The Morgan fingerprint density at radius 3 is 2.38 bits per heavy atom. The summed E-state index contributed by atoms with van der Waals surface area (Å²) in [5, 5.41) is 6.33. The Balaban J connectivity index is 1.83. The molecule has 0 aromatic heterocycles. The van der Waals surface area contributed by atoms with E-state index in [9.17, 15) is 4.79 Å². The zero-order valence-corrected chi connectivity index (χ0v) is 10.3. The van der Waals surface area contributed by atoms with Gasteiger partial charge < -0.3 is 10.6 Å². The molecule has 0 radical (unpaired) electrons. The van der Waals surface area contributed by atoms with Gasteiger partial charge in [0.25, 0.3) is 0 Å². The predicted molar refractivity (Wildman–Crippen MR) is 65.1 cm³/mol. The van der Waals surface area contributed by atoms with Gasteiger partial charge in [0.15, 0.2) is 0 Å². The summed E-state index contributed by atoms with van der Waals surface area (Å²) in [6, 6.07) is 0.410. The molecule has 0 spiro atoms. The maximum atomic E-state index is 11.9. The minimum absolute atomic E-state index is 0.149. The molecule has 3 nitrogen and oxygen atoms in total. The lowest BCUT2D eigenvalue weighted by atomic mass is 9.87. The average Bonchev–Trinajstić information content (AvgIpc) is 2.19. The summed E-state index contributed by atoms with van der Waals surface area (Å²) in [7, 11) is 0. The summed E-state index contributed by atoms with van der Waals surface area (Å²) in [6.07, 6.45) is 4.80. The fourth-order valence-electron chi connectivity index (χ4n) is 2.37. The average molecular weight is 222 g/mol. The minimum Gasteiger partial charge on any atom is -0.350 e. The fraction of sp³-hybridized carbons (Fsp3) is 0.769. The van der Waals surface area contributed by atoms with Crippen molar-refractivity contribution < 1.29 is 4.79 Å². The highest BCUT2D eigenvalue weighted by Crippen LogP contribution is 2.23.